The number of benzene rings is 1. The van der Waals surface area contributed by atoms with Crippen molar-refractivity contribution in [2.45, 2.75) is 19.3 Å². The molecule has 1 aromatic rings. The molecule has 1 aromatic carbocycles. The largest absolute Gasteiger partial charge is 0.522 e. The number of alkyl halides is 3. The van der Waals surface area contributed by atoms with Crippen molar-refractivity contribution in [1.82, 2.24) is 5.32 Å². The Morgan fingerprint density at radius 3 is 2.71 bits per heavy atom. The molecule has 2 nitrogen and oxygen atoms in total. The van der Waals surface area contributed by atoms with E-state index in [1.54, 1.807) is 18.2 Å². The summed E-state index contributed by atoms with van der Waals surface area (Å²) >= 11 is 5.81. The fraction of sp³-hybridized carbons (Fsp3) is 0.455. The first-order valence-electron chi connectivity index (χ1n) is 5.08. The predicted molar refractivity (Wildman–Crippen MR) is 59.9 cm³/mol. The van der Waals surface area contributed by atoms with Gasteiger partial charge in [0.15, 0.2) is 0 Å². The van der Waals surface area contributed by atoms with Crippen LogP contribution in [0.1, 0.15) is 18.5 Å². The molecule has 0 fully saturated rings. The van der Waals surface area contributed by atoms with Crippen LogP contribution in [0.5, 0.6) is 0 Å². The number of ether oxygens (including phenoxy) is 1. The van der Waals surface area contributed by atoms with Gasteiger partial charge in [0.25, 0.3) is 0 Å². The average molecular weight is 268 g/mol. The SMILES string of the molecule is C[C@@H](NCCOC(F)(F)F)c1cccc(Cl)c1. The van der Waals surface area contributed by atoms with Crippen LogP contribution >= 0.6 is 11.6 Å². The highest BCUT2D eigenvalue weighted by Crippen LogP contribution is 2.18. The number of rotatable bonds is 5. The fourth-order valence-electron chi connectivity index (χ4n) is 1.34. The van der Waals surface area contributed by atoms with Crippen molar-refractivity contribution in [1.29, 1.82) is 0 Å². The zero-order chi connectivity index (χ0) is 12.9. The molecule has 0 bridgehead atoms. The molecule has 6 heteroatoms. The zero-order valence-corrected chi connectivity index (χ0v) is 9.98. The molecule has 0 amide bonds. The Labute approximate surface area is 103 Å². The normalized spacial score (nSPS) is 13.7. The Bertz CT molecular complexity index is 357. The highest BCUT2D eigenvalue weighted by molar-refractivity contribution is 6.30. The first-order valence-corrected chi connectivity index (χ1v) is 5.46. The summed E-state index contributed by atoms with van der Waals surface area (Å²) in [7, 11) is 0. The van der Waals surface area contributed by atoms with E-state index in [4.69, 9.17) is 11.6 Å². The van der Waals surface area contributed by atoms with Crippen LogP contribution in [-0.2, 0) is 4.74 Å². The quantitative estimate of drug-likeness (QED) is 0.824. The fourth-order valence-corrected chi connectivity index (χ4v) is 1.53. The van der Waals surface area contributed by atoms with E-state index in [0.29, 0.717) is 5.02 Å². The van der Waals surface area contributed by atoms with Crippen molar-refractivity contribution in [2.75, 3.05) is 13.2 Å². The van der Waals surface area contributed by atoms with Gasteiger partial charge in [0.2, 0.25) is 0 Å². The third kappa shape index (κ3) is 5.91. The van der Waals surface area contributed by atoms with Crippen LogP contribution in [-0.4, -0.2) is 19.5 Å². The summed E-state index contributed by atoms with van der Waals surface area (Å²) in [5, 5.41) is 3.51. The molecular weight excluding hydrogens is 255 g/mol. The summed E-state index contributed by atoms with van der Waals surface area (Å²) in [6.45, 7) is 1.56. The van der Waals surface area contributed by atoms with Crippen molar-refractivity contribution < 1.29 is 17.9 Å². The molecule has 96 valence electrons. The third-order valence-corrected chi connectivity index (χ3v) is 2.40. The van der Waals surface area contributed by atoms with Gasteiger partial charge in [-0.15, -0.1) is 13.2 Å². The molecule has 0 unspecified atom stereocenters. The minimum absolute atomic E-state index is 0.0782. The van der Waals surface area contributed by atoms with Crippen LogP contribution in [0.25, 0.3) is 0 Å². The molecule has 0 aliphatic rings. The van der Waals surface area contributed by atoms with E-state index in [0.717, 1.165) is 5.56 Å². The summed E-state index contributed by atoms with van der Waals surface area (Å²) < 4.78 is 38.7. The van der Waals surface area contributed by atoms with E-state index in [1.807, 2.05) is 13.0 Å². The first-order chi connectivity index (χ1) is 7.88. The van der Waals surface area contributed by atoms with Crippen LogP contribution in [0.2, 0.25) is 5.02 Å². The Hall–Kier alpha value is -0.780. The van der Waals surface area contributed by atoms with E-state index in [2.05, 4.69) is 10.1 Å². The molecule has 1 rings (SSSR count). The first kappa shape index (κ1) is 14.3. The average Bonchev–Trinajstić information content (AvgIpc) is 2.23. The van der Waals surface area contributed by atoms with Crippen LogP contribution in [0.3, 0.4) is 0 Å². The van der Waals surface area contributed by atoms with Gasteiger partial charge in [0.1, 0.15) is 0 Å². The maximum atomic E-state index is 11.7. The van der Waals surface area contributed by atoms with Gasteiger partial charge in [-0.1, -0.05) is 23.7 Å². The van der Waals surface area contributed by atoms with Gasteiger partial charge in [-0.3, -0.25) is 4.74 Å². The van der Waals surface area contributed by atoms with Crippen LogP contribution < -0.4 is 5.32 Å². The Balaban J connectivity index is 2.33. The maximum absolute atomic E-state index is 11.7. The van der Waals surface area contributed by atoms with Gasteiger partial charge in [-0.2, -0.15) is 0 Å². The van der Waals surface area contributed by atoms with Gasteiger partial charge in [0.05, 0.1) is 6.61 Å². The summed E-state index contributed by atoms with van der Waals surface area (Å²) in [5.74, 6) is 0. The molecular formula is C11H13ClF3NO. The molecule has 0 spiro atoms. The van der Waals surface area contributed by atoms with Gasteiger partial charge in [-0.25, -0.2) is 0 Å². The minimum atomic E-state index is -4.57. The van der Waals surface area contributed by atoms with Crippen molar-refractivity contribution in [3.63, 3.8) is 0 Å². The topological polar surface area (TPSA) is 21.3 Å². The lowest BCUT2D eigenvalue weighted by molar-refractivity contribution is -0.323. The van der Waals surface area contributed by atoms with E-state index < -0.39 is 13.0 Å². The van der Waals surface area contributed by atoms with Crippen LogP contribution in [0.15, 0.2) is 24.3 Å². The third-order valence-electron chi connectivity index (χ3n) is 2.17. The maximum Gasteiger partial charge on any atom is 0.522 e. The highest BCUT2D eigenvalue weighted by Gasteiger charge is 2.28. The van der Waals surface area contributed by atoms with E-state index >= 15 is 0 Å². The Morgan fingerprint density at radius 2 is 2.12 bits per heavy atom. The van der Waals surface area contributed by atoms with E-state index in [1.165, 1.54) is 0 Å². The highest BCUT2D eigenvalue weighted by atomic mass is 35.5. The van der Waals surface area contributed by atoms with Crippen LogP contribution in [0, 0.1) is 0 Å². The zero-order valence-electron chi connectivity index (χ0n) is 9.22. The van der Waals surface area contributed by atoms with Crippen molar-refractivity contribution in [3.8, 4) is 0 Å². The van der Waals surface area contributed by atoms with Crippen molar-refractivity contribution >= 4 is 11.6 Å². The van der Waals surface area contributed by atoms with Crippen molar-refractivity contribution in [2.24, 2.45) is 0 Å². The Morgan fingerprint density at radius 1 is 1.41 bits per heavy atom. The number of nitrogens with one attached hydrogen (secondary N) is 1. The monoisotopic (exact) mass is 267 g/mol. The molecule has 17 heavy (non-hydrogen) atoms. The standard InChI is InChI=1S/C11H13ClF3NO/c1-8(9-3-2-4-10(12)7-9)16-5-6-17-11(13,14)15/h2-4,7-8,16H,5-6H2,1H3/t8-/m1/s1. The predicted octanol–water partition coefficient (Wildman–Crippen LogP) is 3.53. The Kier molecular flexibility index (Phi) is 5.24. The lowest BCUT2D eigenvalue weighted by Crippen LogP contribution is -2.26. The molecule has 0 heterocycles. The molecule has 0 aliphatic carbocycles. The summed E-state index contributed by atoms with van der Waals surface area (Å²) in [6, 6.07) is 7.08. The van der Waals surface area contributed by atoms with Crippen molar-refractivity contribution in [3.05, 3.63) is 34.9 Å². The molecule has 0 aromatic heterocycles. The second-order valence-corrected chi connectivity index (χ2v) is 3.96. The lowest BCUT2D eigenvalue weighted by Gasteiger charge is -2.15. The molecule has 1 atom stereocenters. The smallest absolute Gasteiger partial charge is 0.308 e. The molecule has 1 N–H and O–H groups in total. The van der Waals surface area contributed by atoms with Gasteiger partial charge in [0, 0.05) is 17.6 Å². The molecule has 0 radical (unpaired) electrons. The van der Waals surface area contributed by atoms with Gasteiger partial charge < -0.3 is 5.32 Å². The van der Waals surface area contributed by atoms with Gasteiger partial charge >= 0.3 is 6.36 Å². The number of hydrogen-bond acceptors (Lipinski definition) is 2. The minimum Gasteiger partial charge on any atom is -0.308 e. The second kappa shape index (κ2) is 6.23. The molecule has 0 saturated carbocycles. The van der Waals surface area contributed by atoms with E-state index in [9.17, 15) is 13.2 Å². The number of halogens is 4. The number of hydrogen-bond donors (Lipinski definition) is 1. The summed E-state index contributed by atoms with van der Waals surface area (Å²) in [5.41, 5.74) is 0.921. The lowest BCUT2D eigenvalue weighted by atomic mass is 10.1. The molecule has 0 aliphatic heterocycles. The van der Waals surface area contributed by atoms with E-state index in [-0.39, 0.29) is 12.6 Å². The van der Waals surface area contributed by atoms with Crippen LogP contribution in [0.4, 0.5) is 13.2 Å². The summed E-state index contributed by atoms with van der Waals surface area (Å²) in [6.07, 6.45) is -4.57. The van der Waals surface area contributed by atoms with Gasteiger partial charge in [-0.05, 0) is 24.6 Å². The second-order valence-electron chi connectivity index (χ2n) is 3.53. The summed E-state index contributed by atoms with van der Waals surface area (Å²) in [4.78, 5) is 0. The molecule has 0 saturated heterocycles.